The Hall–Kier alpha value is -4.46. The molecule has 32 heavy (non-hydrogen) atoms. The van der Waals surface area contributed by atoms with Crippen molar-refractivity contribution in [3.63, 3.8) is 0 Å². The summed E-state index contributed by atoms with van der Waals surface area (Å²) in [5.41, 5.74) is 4.63. The summed E-state index contributed by atoms with van der Waals surface area (Å²) in [7, 11) is 1.54. The molecule has 0 saturated carbocycles. The molecule has 3 aromatic rings. The fraction of sp³-hybridized carbons (Fsp3) is 0.0833. The second-order valence-electron chi connectivity index (χ2n) is 6.71. The predicted octanol–water partition coefficient (Wildman–Crippen LogP) is 3.31. The van der Waals surface area contributed by atoms with E-state index in [1.54, 1.807) is 67.8 Å². The first-order valence-corrected chi connectivity index (χ1v) is 9.62. The van der Waals surface area contributed by atoms with Gasteiger partial charge in [0.25, 0.3) is 0 Å². The first kappa shape index (κ1) is 22.2. The molecule has 0 aliphatic carbocycles. The van der Waals surface area contributed by atoms with Crippen LogP contribution in [-0.4, -0.2) is 31.1 Å². The maximum Gasteiger partial charge on any atom is 0.343 e. The van der Waals surface area contributed by atoms with Gasteiger partial charge in [-0.25, -0.2) is 10.2 Å². The van der Waals surface area contributed by atoms with E-state index in [4.69, 9.17) is 9.47 Å². The summed E-state index contributed by atoms with van der Waals surface area (Å²) in [6, 6.07) is 20.1. The Bertz CT molecular complexity index is 1140. The maximum atomic E-state index is 12.3. The van der Waals surface area contributed by atoms with Crippen LogP contribution in [0.1, 0.15) is 21.5 Å². The van der Waals surface area contributed by atoms with Gasteiger partial charge >= 0.3 is 17.8 Å². The summed E-state index contributed by atoms with van der Waals surface area (Å²) in [4.78, 5) is 36.1. The van der Waals surface area contributed by atoms with Gasteiger partial charge in [0.15, 0.2) is 0 Å². The van der Waals surface area contributed by atoms with E-state index < -0.39 is 17.8 Å². The van der Waals surface area contributed by atoms with Gasteiger partial charge in [0.1, 0.15) is 11.5 Å². The summed E-state index contributed by atoms with van der Waals surface area (Å²) < 4.78 is 10.4. The number of nitrogens with zero attached hydrogens (tertiary/aromatic N) is 1. The van der Waals surface area contributed by atoms with Gasteiger partial charge in [0.05, 0.1) is 18.9 Å². The van der Waals surface area contributed by atoms with E-state index in [-0.39, 0.29) is 0 Å². The average molecular weight is 431 g/mol. The molecule has 2 amide bonds. The minimum atomic E-state index is -0.913. The van der Waals surface area contributed by atoms with E-state index in [9.17, 15) is 14.4 Å². The SMILES string of the molecule is COc1ccc(C(=O)Oc2cccc(/C=N\NC(=O)C(=O)Nc3ccc(C)cc3)c2)cc1. The Morgan fingerprint density at radius 1 is 0.875 bits per heavy atom. The van der Waals surface area contributed by atoms with E-state index in [0.717, 1.165) is 5.56 Å². The van der Waals surface area contributed by atoms with E-state index in [1.165, 1.54) is 6.21 Å². The second-order valence-corrected chi connectivity index (χ2v) is 6.71. The predicted molar refractivity (Wildman–Crippen MR) is 120 cm³/mol. The largest absolute Gasteiger partial charge is 0.497 e. The van der Waals surface area contributed by atoms with Crippen LogP contribution in [0.5, 0.6) is 11.5 Å². The lowest BCUT2D eigenvalue weighted by Gasteiger charge is -2.06. The number of carbonyl (C=O) groups excluding carboxylic acids is 3. The Labute approximate surface area is 184 Å². The number of hydrazone groups is 1. The van der Waals surface area contributed by atoms with Crippen LogP contribution in [0.15, 0.2) is 77.9 Å². The number of nitrogens with one attached hydrogen (secondary N) is 2. The molecular weight excluding hydrogens is 410 g/mol. The van der Waals surface area contributed by atoms with Gasteiger partial charge in [0, 0.05) is 5.69 Å². The highest BCUT2D eigenvalue weighted by Gasteiger charge is 2.13. The number of ether oxygens (including phenoxy) is 2. The third-order valence-electron chi connectivity index (χ3n) is 4.29. The molecule has 0 aliphatic rings. The lowest BCUT2D eigenvalue weighted by molar-refractivity contribution is -0.136. The van der Waals surface area contributed by atoms with Crippen molar-refractivity contribution < 1.29 is 23.9 Å². The van der Waals surface area contributed by atoms with Crippen LogP contribution in [0.25, 0.3) is 0 Å². The molecule has 0 bridgehead atoms. The van der Waals surface area contributed by atoms with Crippen molar-refractivity contribution in [3.8, 4) is 11.5 Å². The molecule has 8 heteroatoms. The molecule has 0 spiro atoms. The Morgan fingerprint density at radius 3 is 2.28 bits per heavy atom. The third kappa shape index (κ3) is 6.27. The van der Waals surface area contributed by atoms with Crippen LogP contribution in [0.2, 0.25) is 0 Å². The molecule has 0 aromatic heterocycles. The number of esters is 1. The van der Waals surface area contributed by atoms with E-state index in [1.807, 2.05) is 19.1 Å². The molecule has 0 aliphatic heterocycles. The minimum Gasteiger partial charge on any atom is -0.497 e. The lowest BCUT2D eigenvalue weighted by atomic mass is 10.2. The number of hydrogen-bond donors (Lipinski definition) is 2. The highest BCUT2D eigenvalue weighted by Crippen LogP contribution is 2.16. The third-order valence-corrected chi connectivity index (χ3v) is 4.29. The van der Waals surface area contributed by atoms with Crippen molar-refractivity contribution >= 4 is 29.7 Å². The van der Waals surface area contributed by atoms with Gasteiger partial charge in [-0.2, -0.15) is 5.10 Å². The molecule has 0 saturated heterocycles. The summed E-state index contributed by atoms with van der Waals surface area (Å²) in [6.07, 6.45) is 1.34. The molecule has 0 atom stereocenters. The fourth-order valence-corrected chi connectivity index (χ4v) is 2.59. The molecule has 0 unspecified atom stereocenters. The average Bonchev–Trinajstić information content (AvgIpc) is 2.80. The van der Waals surface area contributed by atoms with Gasteiger partial charge < -0.3 is 14.8 Å². The molecule has 162 valence electrons. The first-order valence-electron chi connectivity index (χ1n) is 9.62. The van der Waals surface area contributed by atoms with E-state index in [0.29, 0.717) is 28.3 Å². The van der Waals surface area contributed by atoms with Gasteiger partial charge in [-0.15, -0.1) is 0 Å². The molecule has 0 radical (unpaired) electrons. The summed E-state index contributed by atoms with van der Waals surface area (Å²) in [5.74, 6) is -1.34. The number of carbonyl (C=O) groups is 3. The van der Waals surface area contributed by atoms with Crippen LogP contribution < -0.4 is 20.2 Å². The normalized spacial score (nSPS) is 10.4. The van der Waals surface area contributed by atoms with Crippen LogP contribution >= 0.6 is 0 Å². The molecule has 0 fully saturated rings. The fourth-order valence-electron chi connectivity index (χ4n) is 2.59. The Kier molecular flexibility index (Phi) is 7.32. The lowest BCUT2D eigenvalue weighted by Crippen LogP contribution is -2.32. The van der Waals surface area contributed by atoms with Crippen molar-refractivity contribution in [2.24, 2.45) is 5.10 Å². The summed E-state index contributed by atoms with van der Waals surface area (Å²) in [5, 5.41) is 6.26. The van der Waals surface area contributed by atoms with Gasteiger partial charge in [-0.05, 0) is 61.0 Å². The number of amides is 2. The molecule has 3 aromatic carbocycles. The highest BCUT2D eigenvalue weighted by atomic mass is 16.5. The molecular formula is C24H21N3O5. The van der Waals surface area contributed by atoms with Crippen molar-refractivity contribution in [1.82, 2.24) is 5.43 Å². The highest BCUT2D eigenvalue weighted by molar-refractivity contribution is 6.39. The Morgan fingerprint density at radius 2 is 1.59 bits per heavy atom. The van der Waals surface area contributed by atoms with E-state index in [2.05, 4.69) is 15.8 Å². The van der Waals surface area contributed by atoms with Crippen molar-refractivity contribution in [2.75, 3.05) is 12.4 Å². The number of rotatable bonds is 6. The van der Waals surface area contributed by atoms with Gasteiger partial charge in [-0.3, -0.25) is 9.59 Å². The number of anilines is 1. The van der Waals surface area contributed by atoms with Crippen molar-refractivity contribution in [1.29, 1.82) is 0 Å². The Balaban J connectivity index is 1.55. The zero-order valence-corrected chi connectivity index (χ0v) is 17.5. The van der Waals surface area contributed by atoms with Crippen LogP contribution in [-0.2, 0) is 9.59 Å². The maximum absolute atomic E-state index is 12.3. The smallest absolute Gasteiger partial charge is 0.343 e. The van der Waals surface area contributed by atoms with Crippen LogP contribution in [0.4, 0.5) is 5.69 Å². The summed E-state index contributed by atoms with van der Waals surface area (Å²) in [6.45, 7) is 1.92. The molecule has 0 heterocycles. The van der Waals surface area contributed by atoms with Crippen molar-refractivity contribution in [2.45, 2.75) is 6.92 Å². The van der Waals surface area contributed by atoms with Crippen LogP contribution in [0, 0.1) is 6.92 Å². The second kappa shape index (κ2) is 10.5. The first-order chi connectivity index (χ1) is 15.4. The molecule has 3 rings (SSSR count). The summed E-state index contributed by atoms with van der Waals surface area (Å²) >= 11 is 0. The topological polar surface area (TPSA) is 106 Å². The zero-order chi connectivity index (χ0) is 22.9. The number of methoxy groups -OCH3 is 1. The van der Waals surface area contributed by atoms with Crippen molar-refractivity contribution in [3.05, 3.63) is 89.5 Å². The van der Waals surface area contributed by atoms with Gasteiger partial charge in [-0.1, -0.05) is 29.8 Å². The minimum absolute atomic E-state index is 0.304. The zero-order valence-electron chi connectivity index (χ0n) is 17.5. The standard InChI is InChI=1S/C24H21N3O5/c1-16-6-10-19(11-7-16)26-22(28)23(29)27-25-15-17-4-3-5-21(14-17)32-24(30)18-8-12-20(31-2)13-9-18/h3-15H,1-2H3,(H,26,28)(H,27,29)/b25-15-. The van der Waals surface area contributed by atoms with Gasteiger partial charge in [0.2, 0.25) is 0 Å². The van der Waals surface area contributed by atoms with E-state index >= 15 is 0 Å². The molecule has 8 nitrogen and oxygen atoms in total. The number of benzene rings is 3. The quantitative estimate of drug-likeness (QED) is 0.205. The molecule has 2 N–H and O–H groups in total. The van der Waals surface area contributed by atoms with Crippen LogP contribution in [0.3, 0.4) is 0 Å². The monoisotopic (exact) mass is 431 g/mol. The number of aryl methyl sites for hydroxylation is 1. The number of hydrogen-bond acceptors (Lipinski definition) is 6.